The minimum absolute atomic E-state index is 0.204. The van der Waals surface area contributed by atoms with Gasteiger partial charge in [-0.2, -0.15) is 16.4 Å². The lowest BCUT2D eigenvalue weighted by atomic mass is 9.78. The Bertz CT molecular complexity index is 710. The number of aromatic nitrogens is 2. The molecule has 2 aromatic heterocycles. The second kappa shape index (κ2) is 5.46. The maximum absolute atomic E-state index is 13.1. The highest BCUT2D eigenvalue weighted by Crippen LogP contribution is 2.46. The van der Waals surface area contributed by atoms with Crippen molar-refractivity contribution in [2.45, 2.75) is 19.9 Å². The molecule has 1 amide bonds. The van der Waals surface area contributed by atoms with Crippen LogP contribution in [0.2, 0.25) is 0 Å². The zero-order valence-corrected chi connectivity index (χ0v) is 14.4. The van der Waals surface area contributed by atoms with Crippen molar-refractivity contribution >= 4 is 22.9 Å². The summed E-state index contributed by atoms with van der Waals surface area (Å²) in [6.07, 6.45) is 4.94. The predicted molar refractivity (Wildman–Crippen MR) is 91.4 cm³/mol. The van der Waals surface area contributed by atoms with Crippen molar-refractivity contribution in [1.29, 1.82) is 0 Å². The Morgan fingerprint density at radius 1 is 1.48 bits per heavy atom. The maximum atomic E-state index is 13.1. The molecule has 0 aromatic carbocycles. The fourth-order valence-corrected chi connectivity index (χ4v) is 4.81. The summed E-state index contributed by atoms with van der Waals surface area (Å²) >= 11 is 1.65. The Morgan fingerprint density at radius 2 is 2.35 bits per heavy atom. The van der Waals surface area contributed by atoms with Crippen molar-refractivity contribution in [3.63, 3.8) is 0 Å². The van der Waals surface area contributed by atoms with Crippen LogP contribution in [-0.4, -0.2) is 40.2 Å². The van der Waals surface area contributed by atoms with Gasteiger partial charge in [-0.25, -0.2) is 0 Å². The number of rotatable bonds is 3. The minimum atomic E-state index is -0.204. The third-order valence-corrected chi connectivity index (χ3v) is 6.09. The lowest BCUT2D eigenvalue weighted by Crippen LogP contribution is -2.39. The summed E-state index contributed by atoms with van der Waals surface area (Å²) in [6, 6.07) is 2.05. The number of carbonyl (C=O) groups is 1. The molecule has 1 spiro atoms. The van der Waals surface area contributed by atoms with Crippen molar-refractivity contribution < 1.29 is 4.79 Å². The molecule has 23 heavy (non-hydrogen) atoms. The summed E-state index contributed by atoms with van der Waals surface area (Å²) < 4.78 is 1.84. The van der Waals surface area contributed by atoms with Crippen LogP contribution in [0.4, 0.5) is 5.69 Å². The van der Waals surface area contributed by atoms with Crippen LogP contribution in [0.25, 0.3) is 0 Å². The van der Waals surface area contributed by atoms with Crippen molar-refractivity contribution in [3.05, 3.63) is 34.8 Å². The van der Waals surface area contributed by atoms with Gasteiger partial charge in [-0.05, 0) is 23.8 Å². The van der Waals surface area contributed by atoms with Gasteiger partial charge < -0.3 is 4.90 Å². The highest BCUT2D eigenvalue weighted by molar-refractivity contribution is 7.08. The van der Waals surface area contributed by atoms with Crippen molar-refractivity contribution in [2.24, 2.45) is 18.4 Å². The first-order valence-electron chi connectivity index (χ1n) is 8.12. The van der Waals surface area contributed by atoms with Gasteiger partial charge in [0, 0.05) is 50.4 Å². The first kappa shape index (κ1) is 14.9. The predicted octanol–water partition coefficient (Wildman–Crippen LogP) is 2.36. The zero-order valence-electron chi connectivity index (χ0n) is 13.6. The number of hydrogen-bond acceptors (Lipinski definition) is 4. The van der Waals surface area contributed by atoms with E-state index in [1.807, 2.05) is 28.2 Å². The summed E-state index contributed by atoms with van der Waals surface area (Å²) in [5.74, 6) is 0.715. The highest BCUT2D eigenvalue weighted by atomic mass is 32.1. The van der Waals surface area contributed by atoms with E-state index in [0.29, 0.717) is 11.8 Å². The van der Waals surface area contributed by atoms with Gasteiger partial charge in [0.1, 0.15) is 0 Å². The molecule has 2 aliphatic heterocycles. The molecular formula is C17H22N4OS. The quantitative estimate of drug-likeness (QED) is 0.867. The number of nitrogens with zero attached hydrogens (tertiary/aromatic N) is 4. The van der Waals surface area contributed by atoms with Gasteiger partial charge in [-0.3, -0.25) is 14.4 Å². The number of aryl methyl sites for hydroxylation is 1. The number of hydrogen-bond donors (Lipinski definition) is 0. The number of likely N-dealkylation sites (tertiary alicyclic amines) is 1. The lowest BCUT2D eigenvalue weighted by molar-refractivity contribution is -0.126. The second-order valence-corrected chi connectivity index (χ2v) is 7.72. The Balaban J connectivity index is 1.52. The van der Waals surface area contributed by atoms with E-state index in [-0.39, 0.29) is 5.41 Å². The van der Waals surface area contributed by atoms with E-state index in [1.54, 1.807) is 11.3 Å². The molecule has 2 aromatic rings. The van der Waals surface area contributed by atoms with Gasteiger partial charge in [-0.1, -0.05) is 6.92 Å². The Labute approximate surface area is 140 Å². The molecule has 4 rings (SSSR count). The molecule has 2 atom stereocenters. The number of carbonyl (C=O) groups excluding carboxylic acids is 1. The summed E-state index contributed by atoms with van der Waals surface area (Å²) in [5, 5.41) is 8.36. The summed E-state index contributed by atoms with van der Waals surface area (Å²) in [4.78, 5) is 17.5. The standard InChI is InChI=1S/C17H22N4OS/c1-13-8-20(10-14-7-18-19(2)9-14)12-17(13)4-5-21(16(17)22)15-3-6-23-11-15/h3,6-7,9,11,13H,4-5,8,10,12H2,1-2H3/t13-,17-/m0/s1. The van der Waals surface area contributed by atoms with E-state index < -0.39 is 0 Å². The first-order valence-corrected chi connectivity index (χ1v) is 9.07. The van der Waals surface area contributed by atoms with Gasteiger partial charge in [0.05, 0.1) is 17.3 Å². The third-order valence-electron chi connectivity index (χ3n) is 5.42. The minimum Gasteiger partial charge on any atom is -0.311 e. The molecule has 6 heteroatoms. The van der Waals surface area contributed by atoms with Gasteiger partial charge >= 0.3 is 0 Å². The summed E-state index contributed by atoms with van der Waals surface area (Å²) in [5.41, 5.74) is 2.08. The molecule has 0 bridgehead atoms. The summed E-state index contributed by atoms with van der Waals surface area (Å²) in [6.45, 7) is 5.81. The fraction of sp³-hybridized carbons (Fsp3) is 0.529. The Hall–Kier alpha value is -1.66. The van der Waals surface area contributed by atoms with Crippen molar-refractivity contribution in [3.8, 4) is 0 Å². The SMILES string of the molecule is C[C@H]1CN(Cc2cnn(C)c2)C[C@@]12CCN(c1ccsc1)C2=O. The molecule has 0 saturated carbocycles. The van der Waals surface area contributed by atoms with E-state index in [1.165, 1.54) is 5.56 Å². The molecule has 0 N–H and O–H groups in total. The molecule has 122 valence electrons. The van der Waals surface area contributed by atoms with Gasteiger partial charge in [-0.15, -0.1) is 0 Å². The van der Waals surface area contributed by atoms with Crippen LogP contribution in [0.15, 0.2) is 29.2 Å². The molecule has 2 saturated heterocycles. The number of amides is 1. The van der Waals surface area contributed by atoms with E-state index in [2.05, 4.69) is 34.6 Å². The largest absolute Gasteiger partial charge is 0.311 e. The average molecular weight is 330 g/mol. The molecule has 0 aliphatic carbocycles. The maximum Gasteiger partial charge on any atom is 0.234 e. The van der Waals surface area contributed by atoms with Gasteiger partial charge in [0.2, 0.25) is 5.91 Å². The van der Waals surface area contributed by atoms with Gasteiger partial charge in [0.15, 0.2) is 0 Å². The van der Waals surface area contributed by atoms with Crippen LogP contribution >= 0.6 is 11.3 Å². The van der Waals surface area contributed by atoms with Crippen LogP contribution < -0.4 is 4.90 Å². The van der Waals surface area contributed by atoms with Crippen LogP contribution in [0, 0.1) is 11.3 Å². The van der Waals surface area contributed by atoms with Crippen LogP contribution in [0.3, 0.4) is 0 Å². The first-order chi connectivity index (χ1) is 11.1. The molecule has 0 radical (unpaired) electrons. The highest BCUT2D eigenvalue weighted by Gasteiger charge is 2.55. The summed E-state index contributed by atoms with van der Waals surface area (Å²) in [7, 11) is 1.94. The van der Waals surface area contributed by atoms with Crippen LogP contribution in [-0.2, 0) is 18.4 Å². The Morgan fingerprint density at radius 3 is 3.04 bits per heavy atom. The molecule has 5 nitrogen and oxygen atoms in total. The lowest BCUT2D eigenvalue weighted by Gasteiger charge is -2.26. The van der Waals surface area contributed by atoms with E-state index in [0.717, 1.165) is 38.3 Å². The molecule has 2 fully saturated rings. The molecular weight excluding hydrogens is 308 g/mol. The molecule has 0 unspecified atom stereocenters. The van der Waals surface area contributed by atoms with Crippen molar-refractivity contribution in [1.82, 2.24) is 14.7 Å². The van der Waals surface area contributed by atoms with Gasteiger partial charge in [0.25, 0.3) is 0 Å². The monoisotopic (exact) mass is 330 g/mol. The third kappa shape index (κ3) is 2.40. The van der Waals surface area contributed by atoms with Crippen LogP contribution in [0.1, 0.15) is 18.9 Å². The zero-order chi connectivity index (χ0) is 16.0. The fourth-order valence-electron chi connectivity index (χ4n) is 4.16. The number of thiophene rings is 1. The smallest absolute Gasteiger partial charge is 0.234 e. The number of anilines is 1. The topological polar surface area (TPSA) is 41.4 Å². The molecule has 4 heterocycles. The van der Waals surface area contributed by atoms with E-state index >= 15 is 0 Å². The van der Waals surface area contributed by atoms with E-state index in [4.69, 9.17) is 0 Å². The Kier molecular flexibility index (Phi) is 3.54. The average Bonchev–Trinajstić information content (AvgIpc) is 3.25. The second-order valence-electron chi connectivity index (χ2n) is 6.94. The van der Waals surface area contributed by atoms with Crippen molar-refractivity contribution in [2.75, 3.05) is 24.5 Å². The van der Waals surface area contributed by atoms with Crippen LogP contribution in [0.5, 0.6) is 0 Å². The normalized spacial score (nSPS) is 28.3. The molecule has 2 aliphatic rings. The van der Waals surface area contributed by atoms with E-state index in [9.17, 15) is 4.79 Å².